The summed E-state index contributed by atoms with van der Waals surface area (Å²) in [4.78, 5) is 16.5. The molecular formula is C20H18ClN3O. The molecule has 1 aromatic heterocycles. The molecule has 1 heterocycles. The van der Waals surface area contributed by atoms with Crippen molar-refractivity contribution >= 4 is 28.9 Å². The topological polar surface area (TPSA) is 54.0 Å². The molecule has 2 N–H and O–H groups in total. The largest absolute Gasteiger partial charge is 0.380 e. The van der Waals surface area contributed by atoms with Crippen LogP contribution in [0.1, 0.15) is 21.6 Å². The van der Waals surface area contributed by atoms with Gasteiger partial charge in [-0.25, -0.2) is 4.98 Å². The standard InChI is InChI=1S/C20H18ClN3O/c1-14-6-2-5-9-18(14)24-20(25)19-11-10-16(13-23-19)22-12-15-7-3-4-8-17(15)21/h2-11,13,22H,12H2,1H3,(H,24,25). The molecule has 0 aliphatic rings. The molecule has 0 spiro atoms. The first-order chi connectivity index (χ1) is 12.1. The molecule has 0 atom stereocenters. The van der Waals surface area contributed by atoms with Gasteiger partial charge in [-0.15, -0.1) is 0 Å². The number of aromatic nitrogens is 1. The van der Waals surface area contributed by atoms with E-state index in [4.69, 9.17) is 11.6 Å². The Morgan fingerprint density at radius 1 is 1.04 bits per heavy atom. The van der Waals surface area contributed by atoms with Gasteiger partial charge in [0.05, 0.1) is 11.9 Å². The number of pyridine rings is 1. The molecule has 0 radical (unpaired) electrons. The van der Waals surface area contributed by atoms with Crippen LogP contribution < -0.4 is 10.6 Å². The molecule has 3 aromatic rings. The molecule has 0 bridgehead atoms. The highest BCUT2D eigenvalue weighted by Gasteiger charge is 2.09. The monoisotopic (exact) mass is 351 g/mol. The minimum atomic E-state index is -0.230. The van der Waals surface area contributed by atoms with Gasteiger partial charge in [-0.2, -0.15) is 0 Å². The third kappa shape index (κ3) is 4.37. The smallest absolute Gasteiger partial charge is 0.274 e. The van der Waals surface area contributed by atoms with Crippen LogP contribution in [0.15, 0.2) is 66.9 Å². The quantitative estimate of drug-likeness (QED) is 0.686. The molecular weight excluding hydrogens is 334 g/mol. The Bertz CT molecular complexity index is 878. The lowest BCUT2D eigenvalue weighted by Gasteiger charge is -2.09. The number of anilines is 2. The maximum absolute atomic E-state index is 12.3. The van der Waals surface area contributed by atoms with Crippen LogP contribution in [0.5, 0.6) is 0 Å². The van der Waals surface area contributed by atoms with Crippen LogP contribution in [-0.2, 0) is 6.54 Å². The number of nitrogens with one attached hydrogen (secondary N) is 2. The number of halogens is 1. The molecule has 0 aliphatic heterocycles. The Hall–Kier alpha value is -2.85. The zero-order chi connectivity index (χ0) is 17.6. The number of carbonyl (C=O) groups excluding carboxylic acids is 1. The number of para-hydroxylation sites is 1. The summed E-state index contributed by atoms with van der Waals surface area (Å²) in [5.74, 6) is -0.230. The fraction of sp³-hybridized carbons (Fsp3) is 0.100. The van der Waals surface area contributed by atoms with E-state index in [1.807, 2.05) is 61.5 Å². The number of rotatable bonds is 5. The summed E-state index contributed by atoms with van der Waals surface area (Å²) in [6, 6.07) is 18.8. The van der Waals surface area contributed by atoms with E-state index in [2.05, 4.69) is 15.6 Å². The average Bonchev–Trinajstić information content (AvgIpc) is 2.63. The summed E-state index contributed by atoms with van der Waals surface area (Å²) in [6.45, 7) is 2.54. The second-order valence-electron chi connectivity index (χ2n) is 5.65. The van der Waals surface area contributed by atoms with E-state index < -0.39 is 0 Å². The maximum Gasteiger partial charge on any atom is 0.274 e. The van der Waals surface area contributed by atoms with E-state index in [9.17, 15) is 4.79 Å². The van der Waals surface area contributed by atoms with E-state index >= 15 is 0 Å². The van der Waals surface area contributed by atoms with Crippen molar-refractivity contribution in [3.63, 3.8) is 0 Å². The molecule has 25 heavy (non-hydrogen) atoms. The Labute approximate surface area is 151 Å². The molecule has 3 rings (SSSR count). The van der Waals surface area contributed by atoms with Crippen molar-refractivity contribution < 1.29 is 4.79 Å². The highest BCUT2D eigenvalue weighted by Crippen LogP contribution is 2.17. The van der Waals surface area contributed by atoms with Crippen LogP contribution in [0, 0.1) is 6.92 Å². The number of carbonyl (C=O) groups is 1. The van der Waals surface area contributed by atoms with Crippen LogP contribution in [0.25, 0.3) is 0 Å². The summed E-state index contributed by atoms with van der Waals surface area (Å²) in [5.41, 5.74) is 3.99. The van der Waals surface area contributed by atoms with Crippen molar-refractivity contribution in [3.8, 4) is 0 Å². The van der Waals surface area contributed by atoms with Gasteiger partial charge in [0.25, 0.3) is 5.91 Å². The number of hydrogen-bond donors (Lipinski definition) is 2. The molecule has 1 amide bonds. The van der Waals surface area contributed by atoms with Crippen LogP contribution in [0.3, 0.4) is 0 Å². The third-order valence-electron chi connectivity index (χ3n) is 3.83. The van der Waals surface area contributed by atoms with E-state index in [1.165, 1.54) is 0 Å². The van der Waals surface area contributed by atoms with Crippen LogP contribution in [0.2, 0.25) is 5.02 Å². The van der Waals surface area contributed by atoms with Gasteiger partial charge in [0.15, 0.2) is 0 Å². The van der Waals surface area contributed by atoms with E-state index in [0.29, 0.717) is 12.2 Å². The van der Waals surface area contributed by atoms with Crippen molar-refractivity contribution in [1.82, 2.24) is 4.98 Å². The van der Waals surface area contributed by atoms with Crippen LogP contribution in [-0.4, -0.2) is 10.9 Å². The third-order valence-corrected chi connectivity index (χ3v) is 4.20. The number of aryl methyl sites for hydroxylation is 1. The van der Waals surface area contributed by atoms with Gasteiger partial charge in [-0.05, 0) is 42.3 Å². The highest BCUT2D eigenvalue weighted by atomic mass is 35.5. The second kappa shape index (κ2) is 7.81. The van der Waals surface area contributed by atoms with E-state index in [1.54, 1.807) is 12.3 Å². The Morgan fingerprint density at radius 2 is 1.80 bits per heavy atom. The first kappa shape index (κ1) is 17.0. The maximum atomic E-state index is 12.3. The van der Waals surface area contributed by atoms with Crippen molar-refractivity contribution in [2.45, 2.75) is 13.5 Å². The Kier molecular flexibility index (Phi) is 5.31. The molecule has 0 fully saturated rings. The summed E-state index contributed by atoms with van der Waals surface area (Å²) in [7, 11) is 0. The number of nitrogens with zero attached hydrogens (tertiary/aromatic N) is 1. The van der Waals surface area contributed by atoms with Crippen LogP contribution >= 0.6 is 11.6 Å². The summed E-state index contributed by atoms with van der Waals surface area (Å²) < 4.78 is 0. The molecule has 0 aliphatic carbocycles. The number of benzene rings is 2. The van der Waals surface area contributed by atoms with E-state index in [0.717, 1.165) is 27.5 Å². The van der Waals surface area contributed by atoms with Crippen LogP contribution in [0.4, 0.5) is 11.4 Å². The molecule has 2 aromatic carbocycles. The fourth-order valence-electron chi connectivity index (χ4n) is 2.37. The predicted octanol–water partition coefficient (Wildman–Crippen LogP) is 4.91. The fourth-order valence-corrected chi connectivity index (χ4v) is 2.57. The second-order valence-corrected chi connectivity index (χ2v) is 6.05. The van der Waals surface area contributed by atoms with Gasteiger partial charge < -0.3 is 10.6 Å². The predicted molar refractivity (Wildman–Crippen MR) is 102 cm³/mol. The van der Waals surface area contributed by atoms with Gasteiger partial charge >= 0.3 is 0 Å². The minimum Gasteiger partial charge on any atom is -0.380 e. The first-order valence-electron chi connectivity index (χ1n) is 7.94. The average molecular weight is 352 g/mol. The highest BCUT2D eigenvalue weighted by molar-refractivity contribution is 6.31. The van der Waals surface area contributed by atoms with Gasteiger partial charge in [-0.1, -0.05) is 48.0 Å². The normalized spacial score (nSPS) is 10.3. The molecule has 126 valence electrons. The van der Waals surface area contributed by atoms with Gasteiger partial charge in [0.2, 0.25) is 0 Å². The zero-order valence-corrected chi connectivity index (χ0v) is 14.5. The molecule has 0 unspecified atom stereocenters. The molecule has 0 saturated carbocycles. The van der Waals surface area contributed by atoms with Crippen molar-refractivity contribution in [2.24, 2.45) is 0 Å². The Balaban J connectivity index is 1.63. The van der Waals surface area contributed by atoms with E-state index in [-0.39, 0.29) is 5.91 Å². The van der Waals surface area contributed by atoms with Crippen molar-refractivity contribution in [3.05, 3.63) is 88.7 Å². The lowest BCUT2D eigenvalue weighted by Crippen LogP contribution is -2.14. The minimum absolute atomic E-state index is 0.230. The SMILES string of the molecule is Cc1ccccc1NC(=O)c1ccc(NCc2ccccc2Cl)cn1. The van der Waals surface area contributed by atoms with Crippen molar-refractivity contribution in [1.29, 1.82) is 0 Å². The van der Waals surface area contributed by atoms with Gasteiger partial charge in [0.1, 0.15) is 5.69 Å². The summed E-state index contributed by atoms with van der Waals surface area (Å²) in [5, 5.41) is 6.84. The first-order valence-corrected chi connectivity index (χ1v) is 8.31. The molecule has 5 heteroatoms. The van der Waals surface area contributed by atoms with Gasteiger partial charge in [-0.3, -0.25) is 4.79 Å². The zero-order valence-electron chi connectivity index (χ0n) is 13.8. The van der Waals surface area contributed by atoms with Crippen molar-refractivity contribution in [2.75, 3.05) is 10.6 Å². The molecule has 4 nitrogen and oxygen atoms in total. The summed E-state index contributed by atoms with van der Waals surface area (Å²) in [6.07, 6.45) is 1.64. The van der Waals surface area contributed by atoms with Gasteiger partial charge in [0, 0.05) is 17.3 Å². The molecule has 0 saturated heterocycles. The Morgan fingerprint density at radius 3 is 2.52 bits per heavy atom. The summed E-state index contributed by atoms with van der Waals surface area (Å²) >= 11 is 6.14. The number of amides is 1. The number of hydrogen-bond acceptors (Lipinski definition) is 3. The lowest BCUT2D eigenvalue weighted by atomic mass is 10.2. The lowest BCUT2D eigenvalue weighted by molar-refractivity contribution is 0.102.